The van der Waals surface area contributed by atoms with Gasteiger partial charge in [0.05, 0.1) is 30.6 Å². The van der Waals surface area contributed by atoms with Crippen molar-refractivity contribution in [3.63, 3.8) is 0 Å². The lowest BCUT2D eigenvalue weighted by molar-refractivity contribution is 0.0548. The van der Waals surface area contributed by atoms with Crippen molar-refractivity contribution >= 4 is 24.1 Å². The second-order valence-corrected chi connectivity index (χ2v) is 7.77. The number of hydrogen-bond acceptors (Lipinski definition) is 5. The summed E-state index contributed by atoms with van der Waals surface area (Å²) in [5.41, 5.74) is 5.40. The Kier molecular flexibility index (Phi) is 5.22. The fraction of sp³-hybridized carbons (Fsp3) is 0.240. The van der Waals surface area contributed by atoms with Crippen LogP contribution in [-0.2, 0) is 4.74 Å². The first-order chi connectivity index (χ1) is 15.2. The zero-order valence-corrected chi connectivity index (χ0v) is 17.2. The number of carbonyl (C=O) groups is 2. The predicted octanol–water partition coefficient (Wildman–Crippen LogP) is 3.73. The van der Waals surface area contributed by atoms with Crippen molar-refractivity contribution in [3.05, 3.63) is 88.1 Å². The molecule has 0 spiro atoms. The Morgan fingerprint density at radius 2 is 1.48 bits per heavy atom. The molecule has 0 saturated carbocycles. The summed E-state index contributed by atoms with van der Waals surface area (Å²) in [7, 11) is 0. The molecule has 5 rings (SSSR count). The number of hydrazone groups is 1. The van der Waals surface area contributed by atoms with Gasteiger partial charge in [-0.25, -0.2) is 0 Å². The topological polar surface area (TPSA) is 62.2 Å². The van der Waals surface area contributed by atoms with Crippen LogP contribution in [0.2, 0.25) is 0 Å². The summed E-state index contributed by atoms with van der Waals surface area (Å²) in [6.45, 7) is 2.99. The Morgan fingerprint density at radius 1 is 0.839 bits per heavy atom. The molecule has 2 amide bonds. The summed E-state index contributed by atoms with van der Waals surface area (Å²) in [5, 5.41) is 5.31. The molecule has 0 radical (unpaired) electrons. The van der Waals surface area contributed by atoms with Gasteiger partial charge < -0.3 is 9.64 Å². The van der Waals surface area contributed by atoms with Gasteiger partial charge in [0, 0.05) is 18.8 Å². The molecule has 0 N–H and O–H groups in total. The number of carbonyl (C=O) groups excluding carboxylic acids is 2. The molecule has 156 valence electrons. The highest BCUT2D eigenvalue weighted by Gasteiger charge is 2.35. The number of amides is 2. The molecule has 2 aromatic rings. The zero-order chi connectivity index (χ0) is 21.2. The molecule has 2 heterocycles. The SMILES string of the molecule is O=C1c2ccccc2C(=O)N1/N=C\C1=C(N2CCOCC2)C(=Cc2ccccc2)CC1. The molecule has 1 fully saturated rings. The standard InChI is InChI=1S/C25H23N3O3/c29-24-21-8-4-5-9-22(21)25(30)28(24)26-17-20-11-10-19(16-18-6-2-1-3-7-18)23(20)27-12-14-31-15-13-27/h1-9,16-17H,10-15H2/b19-16?,26-17-. The van der Waals surface area contributed by atoms with Crippen molar-refractivity contribution in [1.82, 2.24) is 9.91 Å². The van der Waals surface area contributed by atoms with Gasteiger partial charge in [0.15, 0.2) is 0 Å². The number of hydrogen-bond donors (Lipinski definition) is 0. The molecule has 3 aliphatic rings. The maximum atomic E-state index is 12.6. The summed E-state index contributed by atoms with van der Waals surface area (Å²) in [4.78, 5) is 27.6. The van der Waals surface area contributed by atoms with E-state index in [9.17, 15) is 9.59 Å². The number of benzene rings is 2. The van der Waals surface area contributed by atoms with Gasteiger partial charge in [-0.2, -0.15) is 10.1 Å². The van der Waals surface area contributed by atoms with Crippen LogP contribution in [0.15, 0.2) is 76.5 Å². The van der Waals surface area contributed by atoms with Crippen LogP contribution in [0.1, 0.15) is 39.1 Å². The van der Waals surface area contributed by atoms with Gasteiger partial charge in [-0.05, 0) is 47.8 Å². The third kappa shape index (κ3) is 3.70. The van der Waals surface area contributed by atoms with E-state index in [2.05, 4.69) is 28.2 Å². The van der Waals surface area contributed by atoms with Crippen LogP contribution in [-0.4, -0.2) is 54.2 Å². The van der Waals surface area contributed by atoms with Crippen molar-refractivity contribution in [2.24, 2.45) is 5.10 Å². The number of fused-ring (bicyclic) bond motifs is 1. The number of nitrogens with zero attached hydrogens (tertiary/aromatic N) is 3. The molecular formula is C25H23N3O3. The summed E-state index contributed by atoms with van der Waals surface area (Å²) >= 11 is 0. The minimum absolute atomic E-state index is 0.372. The van der Waals surface area contributed by atoms with E-state index in [1.54, 1.807) is 30.5 Å². The third-order valence-corrected chi connectivity index (χ3v) is 5.84. The predicted molar refractivity (Wildman–Crippen MR) is 119 cm³/mol. The summed E-state index contributed by atoms with van der Waals surface area (Å²) in [6, 6.07) is 17.1. The number of rotatable bonds is 4. The molecule has 2 aromatic carbocycles. The fourth-order valence-corrected chi connectivity index (χ4v) is 4.33. The summed E-state index contributed by atoms with van der Waals surface area (Å²) < 4.78 is 5.54. The highest BCUT2D eigenvalue weighted by molar-refractivity contribution is 6.21. The van der Waals surface area contributed by atoms with Crippen LogP contribution in [0.25, 0.3) is 6.08 Å². The normalized spacial score (nSPS) is 20.5. The number of allylic oxidation sites excluding steroid dienone is 2. The fourth-order valence-electron chi connectivity index (χ4n) is 4.33. The van der Waals surface area contributed by atoms with Gasteiger partial charge in [0.1, 0.15) is 0 Å². The van der Waals surface area contributed by atoms with Crippen LogP contribution in [0.4, 0.5) is 0 Å². The summed E-state index contributed by atoms with van der Waals surface area (Å²) in [6.07, 6.45) is 5.62. The molecule has 1 saturated heterocycles. The second-order valence-electron chi connectivity index (χ2n) is 7.77. The van der Waals surface area contributed by atoms with E-state index in [4.69, 9.17) is 4.74 Å². The smallest absolute Gasteiger partial charge is 0.282 e. The van der Waals surface area contributed by atoms with Gasteiger partial charge in [0.2, 0.25) is 0 Å². The van der Waals surface area contributed by atoms with Gasteiger partial charge in [-0.3, -0.25) is 9.59 Å². The highest BCUT2D eigenvalue weighted by Crippen LogP contribution is 2.35. The zero-order valence-electron chi connectivity index (χ0n) is 17.2. The average Bonchev–Trinajstić information content (AvgIpc) is 3.32. The van der Waals surface area contributed by atoms with Gasteiger partial charge in [-0.1, -0.05) is 42.5 Å². The van der Waals surface area contributed by atoms with Gasteiger partial charge in [-0.15, -0.1) is 0 Å². The second kappa shape index (κ2) is 8.32. The first-order valence-corrected chi connectivity index (χ1v) is 10.6. The minimum Gasteiger partial charge on any atom is -0.378 e. The van der Waals surface area contributed by atoms with E-state index in [0.29, 0.717) is 24.3 Å². The lowest BCUT2D eigenvalue weighted by atomic mass is 10.1. The third-order valence-electron chi connectivity index (χ3n) is 5.84. The van der Waals surface area contributed by atoms with Crippen molar-refractivity contribution in [2.75, 3.05) is 26.3 Å². The first kappa shape index (κ1) is 19.5. The van der Waals surface area contributed by atoms with Crippen LogP contribution < -0.4 is 0 Å². The van der Waals surface area contributed by atoms with E-state index in [0.717, 1.165) is 47.8 Å². The van der Waals surface area contributed by atoms with Crippen LogP contribution in [0.5, 0.6) is 0 Å². The molecule has 31 heavy (non-hydrogen) atoms. The summed E-state index contributed by atoms with van der Waals surface area (Å²) in [5.74, 6) is -0.744. The molecular weight excluding hydrogens is 390 g/mol. The van der Waals surface area contributed by atoms with E-state index in [-0.39, 0.29) is 11.8 Å². The van der Waals surface area contributed by atoms with E-state index in [1.165, 1.54) is 5.57 Å². The molecule has 0 bridgehead atoms. The van der Waals surface area contributed by atoms with Crippen LogP contribution in [0.3, 0.4) is 0 Å². The molecule has 6 heteroatoms. The Hall–Kier alpha value is -3.51. The average molecular weight is 413 g/mol. The molecule has 0 unspecified atom stereocenters. The Morgan fingerprint density at radius 3 is 2.16 bits per heavy atom. The molecule has 0 atom stereocenters. The quantitative estimate of drug-likeness (QED) is 0.566. The monoisotopic (exact) mass is 413 g/mol. The van der Waals surface area contributed by atoms with E-state index in [1.807, 2.05) is 18.2 Å². The number of morpholine rings is 1. The first-order valence-electron chi connectivity index (χ1n) is 10.6. The Balaban J connectivity index is 1.48. The number of ether oxygens (including phenoxy) is 1. The largest absolute Gasteiger partial charge is 0.378 e. The van der Waals surface area contributed by atoms with Gasteiger partial charge in [0.25, 0.3) is 11.8 Å². The number of imide groups is 1. The van der Waals surface area contributed by atoms with Gasteiger partial charge >= 0.3 is 0 Å². The lowest BCUT2D eigenvalue weighted by Gasteiger charge is -2.31. The minimum atomic E-state index is -0.372. The molecule has 1 aliphatic carbocycles. The van der Waals surface area contributed by atoms with E-state index >= 15 is 0 Å². The van der Waals surface area contributed by atoms with Crippen molar-refractivity contribution in [3.8, 4) is 0 Å². The van der Waals surface area contributed by atoms with Crippen LogP contribution in [0, 0.1) is 0 Å². The Labute approximate surface area is 181 Å². The van der Waals surface area contributed by atoms with Crippen molar-refractivity contribution in [1.29, 1.82) is 0 Å². The molecule has 0 aromatic heterocycles. The van der Waals surface area contributed by atoms with Crippen LogP contribution >= 0.6 is 0 Å². The molecule has 2 aliphatic heterocycles. The maximum absolute atomic E-state index is 12.6. The highest BCUT2D eigenvalue weighted by atomic mass is 16.5. The van der Waals surface area contributed by atoms with E-state index < -0.39 is 0 Å². The molecule has 6 nitrogen and oxygen atoms in total. The van der Waals surface area contributed by atoms with Crippen molar-refractivity contribution < 1.29 is 14.3 Å². The Bertz CT molecular complexity index is 1080. The lowest BCUT2D eigenvalue weighted by Crippen LogP contribution is -2.36. The van der Waals surface area contributed by atoms with Crippen molar-refractivity contribution in [2.45, 2.75) is 12.8 Å². The maximum Gasteiger partial charge on any atom is 0.282 e.